The monoisotopic (exact) mass is 420 g/mol. The Morgan fingerprint density at radius 3 is 2.46 bits per heavy atom. The maximum Gasteiger partial charge on any atom is 3.00 e. The van der Waals surface area contributed by atoms with Gasteiger partial charge in [-0.1, -0.05) is 45.5 Å². The smallest absolute Gasteiger partial charge is 1.00 e. The van der Waals surface area contributed by atoms with Gasteiger partial charge >= 0.3 is 21.7 Å². The number of amides is 1. The van der Waals surface area contributed by atoms with Crippen LogP contribution in [0.4, 0.5) is 0 Å². The number of fused-ring (bicyclic) bond motifs is 2. The van der Waals surface area contributed by atoms with Crippen LogP contribution in [0.5, 0.6) is 0 Å². The Kier molecular flexibility index (Phi) is 9.07. The van der Waals surface area contributed by atoms with Gasteiger partial charge in [-0.05, 0) is 53.7 Å². The number of halogens is 2. The molecule has 0 aromatic rings. The molecule has 2 saturated carbocycles. The van der Waals surface area contributed by atoms with Crippen molar-refractivity contribution in [1.82, 2.24) is 0 Å². The second-order valence-electron chi connectivity index (χ2n) is 7.68. The van der Waals surface area contributed by atoms with Crippen molar-refractivity contribution in [2.75, 3.05) is 0 Å². The van der Waals surface area contributed by atoms with Gasteiger partial charge < -0.3 is 35.3 Å². The summed E-state index contributed by atoms with van der Waals surface area (Å²) in [5.41, 5.74) is 11.0. The molecule has 133 valence electrons. The second kappa shape index (κ2) is 8.90. The Labute approximate surface area is 175 Å². The molecule has 1 amide bonds. The van der Waals surface area contributed by atoms with Gasteiger partial charge in [0.15, 0.2) is 0 Å². The summed E-state index contributed by atoms with van der Waals surface area (Å²) in [5.74, 6) is 1.25. The van der Waals surface area contributed by atoms with Crippen LogP contribution in [-0.4, -0.2) is 14.7 Å². The van der Waals surface area contributed by atoms with Gasteiger partial charge in [0.05, 0.1) is 5.91 Å². The summed E-state index contributed by atoms with van der Waals surface area (Å²) in [6, 6.07) is 0. The zero-order chi connectivity index (χ0) is 15.4. The average molecular weight is 421 g/mol. The molecule has 0 aromatic heterocycles. The number of rotatable bonds is 4. The fraction of sp³-hybridized carbons (Fsp3) is 0.722. The molecular formula is C18H28Cl2NOSiTi. The summed E-state index contributed by atoms with van der Waals surface area (Å²) in [6.45, 7) is 9.20. The van der Waals surface area contributed by atoms with Gasteiger partial charge in [0, 0.05) is 14.2 Å². The summed E-state index contributed by atoms with van der Waals surface area (Å²) in [6.07, 6.45) is 9.15. The number of allylic oxidation sites excluding steroid dienone is 3. The fourth-order valence-electron chi connectivity index (χ4n) is 6.02. The van der Waals surface area contributed by atoms with Crippen molar-refractivity contribution in [1.29, 1.82) is 0 Å². The second-order valence-corrected chi connectivity index (χ2v) is 10.9. The summed E-state index contributed by atoms with van der Waals surface area (Å²) in [7, 11) is -0.974. The van der Waals surface area contributed by atoms with Gasteiger partial charge in [-0.15, -0.1) is 0 Å². The first-order chi connectivity index (χ1) is 9.94. The standard InChI is InChI=1S/C18H29NOSi.2ClH.Ti/c1-5-12-7-6-11(2)15(12)18(17(19)20)14-9-8-13(10-14)16(18)21(3)4;;;/h6-7,11,13-14,16,21H,5,8-10H2,1-4H3,(H2,19,20);2*1H;/q;;;+3/p-3. The molecule has 0 heterocycles. The molecule has 0 aliphatic heterocycles. The SMILES string of the molecule is CCC1=C(C2(C([NH-])=O)C3CCC(C3)C2[SiH](C)C)C(C)C=C1.[Cl-].[Cl-].[Ti+3]. The molecule has 6 heteroatoms. The topological polar surface area (TPSA) is 40.9 Å². The fourth-order valence-corrected chi connectivity index (χ4v) is 9.11. The van der Waals surface area contributed by atoms with Crippen molar-refractivity contribution in [3.8, 4) is 0 Å². The summed E-state index contributed by atoms with van der Waals surface area (Å²) in [5, 5.41) is 0. The van der Waals surface area contributed by atoms with E-state index in [0.717, 1.165) is 12.3 Å². The van der Waals surface area contributed by atoms with Crippen molar-refractivity contribution in [3.63, 3.8) is 0 Å². The van der Waals surface area contributed by atoms with Gasteiger partial charge in [0.1, 0.15) is 0 Å². The Morgan fingerprint density at radius 2 is 1.96 bits per heavy atom. The molecule has 5 unspecified atom stereocenters. The van der Waals surface area contributed by atoms with Crippen LogP contribution in [0.2, 0.25) is 18.6 Å². The Morgan fingerprint density at radius 1 is 1.33 bits per heavy atom. The number of hydrogen-bond acceptors (Lipinski definition) is 1. The molecule has 1 N–H and O–H groups in total. The maximum atomic E-state index is 12.7. The van der Waals surface area contributed by atoms with Crippen molar-refractivity contribution in [2.45, 2.75) is 58.2 Å². The minimum absolute atomic E-state index is 0. The Balaban J connectivity index is 0.00000176. The van der Waals surface area contributed by atoms with Crippen LogP contribution in [0.3, 0.4) is 0 Å². The first-order valence-corrected chi connectivity index (χ1v) is 11.6. The van der Waals surface area contributed by atoms with E-state index in [0.29, 0.717) is 17.4 Å². The molecule has 0 spiro atoms. The molecule has 3 rings (SSSR count). The molecule has 5 atom stereocenters. The molecule has 2 bridgehead atoms. The third-order valence-corrected chi connectivity index (χ3v) is 8.97. The third-order valence-electron chi connectivity index (χ3n) is 6.46. The average Bonchev–Trinajstić information content (AvgIpc) is 3.10. The van der Waals surface area contributed by atoms with E-state index in [1.54, 1.807) is 0 Å². The van der Waals surface area contributed by atoms with E-state index in [-0.39, 0.29) is 52.4 Å². The van der Waals surface area contributed by atoms with Crippen LogP contribution >= 0.6 is 0 Å². The van der Waals surface area contributed by atoms with Crippen molar-refractivity contribution in [2.24, 2.45) is 23.2 Å². The number of hydrogen-bond donors (Lipinski definition) is 0. The molecular weight excluding hydrogens is 393 g/mol. The van der Waals surface area contributed by atoms with Crippen LogP contribution < -0.4 is 24.8 Å². The minimum atomic E-state index is -0.974. The largest absolute Gasteiger partial charge is 3.00 e. The molecule has 3 aliphatic carbocycles. The third kappa shape index (κ3) is 3.25. The van der Waals surface area contributed by atoms with E-state index in [1.165, 1.54) is 30.4 Å². The molecule has 3 aliphatic rings. The van der Waals surface area contributed by atoms with Gasteiger partial charge in [-0.2, -0.15) is 0 Å². The summed E-state index contributed by atoms with van der Waals surface area (Å²) < 4.78 is 0. The zero-order valence-corrected chi connectivity index (χ0v) is 19.3. The number of carbonyl (C=O) groups excluding carboxylic acids is 1. The molecule has 0 aromatic carbocycles. The van der Waals surface area contributed by atoms with Crippen LogP contribution in [0.1, 0.15) is 39.5 Å². The molecule has 2 nitrogen and oxygen atoms in total. The van der Waals surface area contributed by atoms with Gasteiger partial charge in [0.2, 0.25) is 0 Å². The normalized spacial score (nSPS) is 36.4. The van der Waals surface area contributed by atoms with Crippen LogP contribution in [0.25, 0.3) is 5.73 Å². The van der Waals surface area contributed by atoms with Crippen LogP contribution in [0, 0.1) is 23.2 Å². The predicted octanol–water partition coefficient (Wildman–Crippen LogP) is -1.24. The minimum Gasteiger partial charge on any atom is -1.00 e. The van der Waals surface area contributed by atoms with Crippen LogP contribution in [0.15, 0.2) is 23.3 Å². The first kappa shape index (κ1) is 24.5. The quantitative estimate of drug-likeness (QED) is 0.524. The zero-order valence-electron chi connectivity index (χ0n) is 15.0. The molecule has 0 saturated heterocycles. The number of carbonyl (C=O) groups is 1. The van der Waals surface area contributed by atoms with E-state index in [9.17, 15) is 4.79 Å². The summed E-state index contributed by atoms with van der Waals surface area (Å²) >= 11 is 0. The molecule has 24 heavy (non-hydrogen) atoms. The van der Waals surface area contributed by atoms with Gasteiger partial charge in [0.25, 0.3) is 0 Å². The van der Waals surface area contributed by atoms with Crippen molar-refractivity contribution in [3.05, 3.63) is 29.0 Å². The number of nitrogens with one attached hydrogen (secondary N) is 1. The van der Waals surface area contributed by atoms with E-state index < -0.39 is 14.2 Å². The summed E-state index contributed by atoms with van der Waals surface area (Å²) in [4.78, 5) is 12.7. The van der Waals surface area contributed by atoms with E-state index >= 15 is 0 Å². The van der Waals surface area contributed by atoms with Crippen molar-refractivity contribution >= 4 is 14.7 Å². The maximum absolute atomic E-state index is 12.7. The Hall–Kier alpha value is 0.461. The first-order valence-electron chi connectivity index (χ1n) is 8.62. The predicted molar refractivity (Wildman–Crippen MR) is 90.8 cm³/mol. The Bertz CT molecular complexity index is 537. The van der Waals surface area contributed by atoms with E-state index in [1.807, 2.05) is 0 Å². The van der Waals surface area contributed by atoms with Gasteiger partial charge in [-0.3, -0.25) is 0 Å². The van der Waals surface area contributed by atoms with Gasteiger partial charge in [-0.25, -0.2) is 0 Å². The van der Waals surface area contributed by atoms with Crippen LogP contribution in [-0.2, 0) is 26.5 Å². The van der Waals surface area contributed by atoms with E-state index in [2.05, 4.69) is 39.1 Å². The van der Waals surface area contributed by atoms with Crippen molar-refractivity contribution < 1.29 is 51.3 Å². The van der Waals surface area contributed by atoms with E-state index in [4.69, 9.17) is 5.73 Å². The molecule has 2 fully saturated rings. The molecule has 1 radical (unpaired) electrons.